The van der Waals surface area contributed by atoms with Crippen molar-refractivity contribution in [3.8, 4) is 17.0 Å². The van der Waals surface area contributed by atoms with E-state index in [1.165, 1.54) is 13.0 Å². The summed E-state index contributed by atoms with van der Waals surface area (Å²) in [4.78, 5) is 34.4. The first-order valence-corrected chi connectivity index (χ1v) is 7.15. The molecule has 2 N–H and O–H groups in total. The Balaban J connectivity index is 2.24. The Morgan fingerprint density at radius 1 is 1.33 bits per heavy atom. The number of hydrogen-bond acceptors (Lipinski definition) is 5. The maximum absolute atomic E-state index is 11.9. The standard InChI is InChI=1S/C16H17N3O5/c1-10(16(22)23)17-14(20)9-19-15(21)7-6-13(18-19)11-4-3-5-12(8-11)24-2/h3-8,10H,9H2,1-2H3,(H,17,20)(H,22,23)/t10-/m0/s1. The third kappa shape index (κ3) is 4.19. The van der Waals surface area contributed by atoms with Crippen molar-refractivity contribution in [2.75, 3.05) is 7.11 Å². The van der Waals surface area contributed by atoms with E-state index in [1.54, 1.807) is 37.4 Å². The van der Waals surface area contributed by atoms with Gasteiger partial charge < -0.3 is 15.2 Å². The van der Waals surface area contributed by atoms with E-state index in [9.17, 15) is 14.4 Å². The van der Waals surface area contributed by atoms with Gasteiger partial charge in [0.25, 0.3) is 5.56 Å². The van der Waals surface area contributed by atoms with E-state index < -0.39 is 23.5 Å². The minimum Gasteiger partial charge on any atom is -0.497 e. The van der Waals surface area contributed by atoms with Crippen molar-refractivity contribution in [2.24, 2.45) is 0 Å². The number of carboxylic acids is 1. The number of carbonyl (C=O) groups excluding carboxylic acids is 1. The number of amides is 1. The maximum atomic E-state index is 11.9. The third-order valence-corrected chi connectivity index (χ3v) is 3.27. The van der Waals surface area contributed by atoms with Gasteiger partial charge in [-0.25, -0.2) is 4.68 Å². The van der Waals surface area contributed by atoms with Crippen LogP contribution >= 0.6 is 0 Å². The normalized spacial score (nSPS) is 11.6. The monoisotopic (exact) mass is 331 g/mol. The minimum absolute atomic E-state index is 0.367. The fourth-order valence-electron chi connectivity index (χ4n) is 1.98. The molecule has 2 aromatic rings. The topological polar surface area (TPSA) is 111 Å². The van der Waals surface area contributed by atoms with Crippen molar-refractivity contribution in [3.63, 3.8) is 0 Å². The SMILES string of the molecule is COc1cccc(-c2ccc(=O)n(CC(=O)N[C@@H](C)C(=O)O)n2)c1. The van der Waals surface area contributed by atoms with E-state index in [4.69, 9.17) is 9.84 Å². The second kappa shape index (κ2) is 7.40. The number of nitrogens with one attached hydrogen (secondary N) is 1. The first-order valence-electron chi connectivity index (χ1n) is 7.15. The zero-order valence-electron chi connectivity index (χ0n) is 13.2. The molecule has 0 aliphatic heterocycles. The Labute approximate surface area is 137 Å². The van der Waals surface area contributed by atoms with Gasteiger partial charge in [-0.05, 0) is 25.1 Å². The molecule has 1 atom stereocenters. The van der Waals surface area contributed by atoms with Gasteiger partial charge in [-0.15, -0.1) is 0 Å². The molecular formula is C16H17N3O5. The molecule has 126 valence electrons. The molecule has 0 aliphatic rings. The number of benzene rings is 1. The Morgan fingerprint density at radius 3 is 2.75 bits per heavy atom. The molecule has 0 aliphatic carbocycles. The molecule has 8 nitrogen and oxygen atoms in total. The van der Waals surface area contributed by atoms with Gasteiger partial charge in [-0.3, -0.25) is 14.4 Å². The summed E-state index contributed by atoms with van der Waals surface area (Å²) in [6.45, 7) is 0.970. The molecular weight excluding hydrogens is 314 g/mol. The second-order valence-corrected chi connectivity index (χ2v) is 5.07. The number of methoxy groups -OCH3 is 1. The van der Waals surface area contributed by atoms with Gasteiger partial charge in [0.05, 0.1) is 12.8 Å². The van der Waals surface area contributed by atoms with Crippen molar-refractivity contribution >= 4 is 11.9 Å². The average molecular weight is 331 g/mol. The molecule has 0 spiro atoms. The highest BCUT2D eigenvalue weighted by atomic mass is 16.5. The van der Waals surface area contributed by atoms with Gasteiger partial charge in [0.2, 0.25) is 5.91 Å². The van der Waals surface area contributed by atoms with Crippen molar-refractivity contribution in [1.82, 2.24) is 15.1 Å². The summed E-state index contributed by atoms with van der Waals surface area (Å²) in [5.41, 5.74) is 0.759. The molecule has 2 rings (SSSR count). The van der Waals surface area contributed by atoms with Crippen LogP contribution in [-0.4, -0.2) is 39.9 Å². The van der Waals surface area contributed by atoms with Crippen molar-refractivity contribution < 1.29 is 19.4 Å². The molecule has 1 heterocycles. The number of aromatic nitrogens is 2. The molecule has 24 heavy (non-hydrogen) atoms. The summed E-state index contributed by atoms with van der Waals surface area (Å²) < 4.78 is 6.13. The summed E-state index contributed by atoms with van der Waals surface area (Å²) in [6.07, 6.45) is 0. The molecule has 0 bridgehead atoms. The average Bonchev–Trinajstić information content (AvgIpc) is 2.56. The molecule has 0 saturated heterocycles. The van der Waals surface area contributed by atoms with Crippen LogP contribution in [0.5, 0.6) is 5.75 Å². The zero-order valence-corrected chi connectivity index (χ0v) is 13.2. The molecule has 1 amide bonds. The van der Waals surface area contributed by atoms with Crippen LogP contribution in [0.4, 0.5) is 0 Å². The van der Waals surface area contributed by atoms with Crippen LogP contribution in [0.15, 0.2) is 41.2 Å². The van der Waals surface area contributed by atoms with Crippen LogP contribution in [0.1, 0.15) is 6.92 Å². The van der Waals surface area contributed by atoms with Gasteiger partial charge in [0.1, 0.15) is 18.3 Å². The number of ether oxygens (including phenoxy) is 1. The number of carbonyl (C=O) groups is 2. The first kappa shape index (κ1) is 17.2. The smallest absolute Gasteiger partial charge is 0.325 e. The molecule has 1 aromatic heterocycles. The van der Waals surface area contributed by atoms with Crippen molar-refractivity contribution in [2.45, 2.75) is 19.5 Å². The summed E-state index contributed by atoms with van der Waals surface area (Å²) >= 11 is 0. The Bertz CT molecular complexity index is 815. The molecule has 1 aromatic carbocycles. The first-order chi connectivity index (χ1) is 11.4. The maximum Gasteiger partial charge on any atom is 0.325 e. The van der Waals surface area contributed by atoms with E-state index in [2.05, 4.69) is 10.4 Å². The predicted octanol–water partition coefficient (Wildman–Crippen LogP) is 0.508. The van der Waals surface area contributed by atoms with Crippen LogP contribution in [0.2, 0.25) is 0 Å². The summed E-state index contributed by atoms with van der Waals surface area (Å²) in [7, 11) is 1.54. The van der Waals surface area contributed by atoms with Crippen LogP contribution in [0.25, 0.3) is 11.3 Å². The highest BCUT2D eigenvalue weighted by molar-refractivity contribution is 5.83. The van der Waals surface area contributed by atoms with E-state index in [0.717, 1.165) is 10.2 Å². The highest BCUT2D eigenvalue weighted by Crippen LogP contribution is 2.20. The number of carboxylic acid groups (broad SMARTS) is 1. The highest BCUT2D eigenvalue weighted by Gasteiger charge is 2.15. The molecule has 8 heteroatoms. The summed E-state index contributed by atoms with van der Waals surface area (Å²) in [6, 6.07) is 8.92. The Kier molecular flexibility index (Phi) is 5.31. The number of nitrogens with zero attached hydrogens (tertiary/aromatic N) is 2. The number of hydrogen-bond donors (Lipinski definition) is 2. The lowest BCUT2D eigenvalue weighted by molar-refractivity contribution is -0.141. The van der Waals surface area contributed by atoms with Gasteiger partial charge in [0, 0.05) is 11.6 Å². The van der Waals surface area contributed by atoms with Crippen molar-refractivity contribution in [3.05, 3.63) is 46.8 Å². The van der Waals surface area contributed by atoms with E-state index in [1.807, 2.05) is 0 Å². The lowest BCUT2D eigenvalue weighted by atomic mass is 10.1. The van der Waals surface area contributed by atoms with Gasteiger partial charge in [-0.1, -0.05) is 12.1 Å². The predicted molar refractivity (Wildman–Crippen MR) is 85.7 cm³/mol. The molecule has 0 unspecified atom stereocenters. The lowest BCUT2D eigenvalue weighted by Gasteiger charge is -2.11. The van der Waals surface area contributed by atoms with Gasteiger partial charge in [0.15, 0.2) is 0 Å². The molecule has 0 saturated carbocycles. The lowest BCUT2D eigenvalue weighted by Crippen LogP contribution is -2.41. The molecule has 0 fully saturated rings. The van der Waals surface area contributed by atoms with E-state index in [-0.39, 0.29) is 6.54 Å². The van der Waals surface area contributed by atoms with E-state index in [0.29, 0.717) is 11.4 Å². The van der Waals surface area contributed by atoms with Crippen LogP contribution in [-0.2, 0) is 16.1 Å². The van der Waals surface area contributed by atoms with Crippen molar-refractivity contribution in [1.29, 1.82) is 0 Å². The number of rotatable bonds is 6. The molecule has 0 radical (unpaired) electrons. The Hall–Kier alpha value is -3.16. The van der Waals surface area contributed by atoms with Gasteiger partial charge >= 0.3 is 5.97 Å². The minimum atomic E-state index is -1.16. The number of aliphatic carboxylic acids is 1. The summed E-state index contributed by atoms with van der Waals surface area (Å²) in [5.74, 6) is -1.13. The van der Waals surface area contributed by atoms with E-state index >= 15 is 0 Å². The van der Waals surface area contributed by atoms with Crippen LogP contribution in [0.3, 0.4) is 0 Å². The summed E-state index contributed by atoms with van der Waals surface area (Å²) in [5, 5.41) is 15.2. The van der Waals surface area contributed by atoms with Gasteiger partial charge in [-0.2, -0.15) is 5.10 Å². The largest absolute Gasteiger partial charge is 0.497 e. The van der Waals surface area contributed by atoms with Crippen LogP contribution in [0, 0.1) is 0 Å². The van der Waals surface area contributed by atoms with Crippen LogP contribution < -0.4 is 15.6 Å². The fourth-order valence-corrected chi connectivity index (χ4v) is 1.98. The Morgan fingerprint density at radius 2 is 2.08 bits per heavy atom. The zero-order chi connectivity index (χ0) is 17.7. The third-order valence-electron chi connectivity index (χ3n) is 3.27. The quantitative estimate of drug-likeness (QED) is 0.798. The second-order valence-electron chi connectivity index (χ2n) is 5.07. The fraction of sp³-hybridized carbons (Fsp3) is 0.250.